The molecule has 0 aliphatic rings. The number of thiophene rings is 1. The molecule has 1 heterocycles. The van der Waals surface area contributed by atoms with Crippen LogP contribution >= 0.6 is 27.3 Å². The zero-order valence-electron chi connectivity index (χ0n) is 8.50. The van der Waals surface area contributed by atoms with Crippen molar-refractivity contribution >= 4 is 39.1 Å². The van der Waals surface area contributed by atoms with Crippen molar-refractivity contribution < 1.29 is 4.79 Å². The van der Waals surface area contributed by atoms with Crippen LogP contribution in [0.1, 0.15) is 25.6 Å². The molecule has 3 heteroatoms. The number of ketones is 1. The molecule has 0 amide bonds. The van der Waals surface area contributed by atoms with E-state index in [9.17, 15) is 4.79 Å². The Labute approximate surface area is 97.0 Å². The highest BCUT2D eigenvalue weighted by Gasteiger charge is 2.08. The lowest BCUT2D eigenvalue weighted by Gasteiger charge is -2.06. The van der Waals surface area contributed by atoms with Crippen LogP contribution in [0, 0.1) is 5.92 Å². The lowest BCUT2D eigenvalue weighted by Crippen LogP contribution is -2.03. The first-order valence-electron chi connectivity index (χ1n) is 4.47. The van der Waals surface area contributed by atoms with Gasteiger partial charge in [0.2, 0.25) is 0 Å². The molecule has 0 radical (unpaired) electrons. The SMILES string of the molecule is CC(=O)/C(=C/c1cc(Br)cs1)C(C)C. The third kappa shape index (κ3) is 3.07. The minimum atomic E-state index is 0.157. The Kier molecular flexibility index (Phi) is 4.08. The molecule has 0 atom stereocenters. The molecule has 0 N–H and O–H groups in total. The summed E-state index contributed by atoms with van der Waals surface area (Å²) < 4.78 is 1.07. The fraction of sp³-hybridized carbons (Fsp3) is 0.364. The van der Waals surface area contributed by atoms with Gasteiger partial charge in [0.15, 0.2) is 5.78 Å². The second kappa shape index (κ2) is 4.89. The van der Waals surface area contributed by atoms with Crippen LogP contribution in [0.15, 0.2) is 21.5 Å². The van der Waals surface area contributed by atoms with Crippen LogP contribution in [0.5, 0.6) is 0 Å². The molecule has 0 aliphatic carbocycles. The number of carbonyl (C=O) groups excluding carboxylic acids is 1. The molecular formula is C11H13BrOS. The van der Waals surface area contributed by atoms with Gasteiger partial charge in [0.05, 0.1) is 0 Å². The third-order valence-electron chi connectivity index (χ3n) is 1.91. The quantitative estimate of drug-likeness (QED) is 0.756. The normalized spacial score (nSPS) is 12.2. The number of rotatable bonds is 3. The van der Waals surface area contributed by atoms with E-state index in [-0.39, 0.29) is 11.7 Å². The molecule has 0 unspecified atom stereocenters. The van der Waals surface area contributed by atoms with E-state index in [1.807, 2.05) is 31.4 Å². The van der Waals surface area contributed by atoms with Gasteiger partial charge in [-0.05, 0) is 46.5 Å². The van der Waals surface area contributed by atoms with Crippen LogP contribution in [-0.2, 0) is 4.79 Å². The summed E-state index contributed by atoms with van der Waals surface area (Å²) in [6.45, 7) is 5.69. The Morgan fingerprint density at radius 1 is 1.57 bits per heavy atom. The van der Waals surface area contributed by atoms with Crippen LogP contribution in [0.3, 0.4) is 0 Å². The second-order valence-electron chi connectivity index (χ2n) is 3.48. The monoisotopic (exact) mass is 272 g/mol. The highest BCUT2D eigenvalue weighted by Crippen LogP contribution is 2.24. The molecule has 0 saturated carbocycles. The minimum Gasteiger partial charge on any atom is -0.295 e. The lowest BCUT2D eigenvalue weighted by atomic mass is 9.99. The first-order chi connectivity index (χ1) is 6.50. The molecule has 0 aliphatic heterocycles. The lowest BCUT2D eigenvalue weighted by molar-refractivity contribution is -0.113. The summed E-state index contributed by atoms with van der Waals surface area (Å²) in [7, 11) is 0. The Morgan fingerprint density at radius 3 is 2.57 bits per heavy atom. The molecule has 76 valence electrons. The largest absolute Gasteiger partial charge is 0.295 e. The van der Waals surface area contributed by atoms with Crippen LogP contribution < -0.4 is 0 Å². The van der Waals surface area contributed by atoms with Crippen LogP contribution in [0.25, 0.3) is 6.08 Å². The van der Waals surface area contributed by atoms with Gasteiger partial charge in [0, 0.05) is 14.7 Å². The summed E-state index contributed by atoms with van der Waals surface area (Å²) >= 11 is 5.03. The van der Waals surface area contributed by atoms with Gasteiger partial charge in [0.25, 0.3) is 0 Å². The Balaban J connectivity index is 2.99. The zero-order valence-corrected chi connectivity index (χ0v) is 10.9. The van der Waals surface area contributed by atoms with E-state index in [4.69, 9.17) is 0 Å². The molecule has 1 aromatic heterocycles. The fourth-order valence-electron chi connectivity index (χ4n) is 1.23. The number of hydrogen-bond acceptors (Lipinski definition) is 2. The minimum absolute atomic E-state index is 0.157. The van der Waals surface area contributed by atoms with E-state index in [2.05, 4.69) is 15.9 Å². The summed E-state index contributed by atoms with van der Waals surface area (Å²) in [5.41, 5.74) is 0.888. The maximum atomic E-state index is 11.3. The van der Waals surface area contributed by atoms with Gasteiger partial charge < -0.3 is 0 Å². The zero-order chi connectivity index (χ0) is 10.7. The molecule has 1 nitrogen and oxygen atoms in total. The Morgan fingerprint density at radius 2 is 2.21 bits per heavy atom. The summed E-state index contributed by atoms with van der Waals surface area (Å²) in [5, 5.41) is 2.02. The molecular weight excluding hydrogens is 260 g/mol. The maximum absolute atomic E-state index is 11.3. The van der Waals surface area contributed by atoms with Gasteiger partial charge in [0.1, 0.15) is 0 Å². The topological polar surface area (TPSA) is 17.1 Å². The molecule has 1 aromatic rings. The number of carbonyl (C=O) groups is 1. The van der Waals surface area contributed by atoms with Crippen molar-refractivity contribution in [2.45, 2.75) is 20.8 Å². The van der Waals surface area contributed by atoms with Gasteiger partial charge in [-0.15, -0.1) is 11.3 Å². The molecule has 0 aromatic carbocycles. The van der Waals surface area contributed by atoms with Crippen molar-refractivity contribution in [2.75, 3.05) is 0 Å². The molecule has 0 spiro atoms. The standard InChI is InChI=1S/C11H13BrOS/c1-7(2)11(8(3)13)5-10-4-9(12)6-14-10/h4-7H,1-3H3/b11-5+. The van der Waals surface area contributed by atoms with Crippen molar-refractivity contribution in [1.29, 1.82) is 0 Å². The van der Waals surface area contributed by atoms with Gasteiger partial charge >= 0.3 is 0 Å². The van der Waals surface area contributed by atoms with Gasteiger partial charge in [-0.25, -0.2) is 0 Å². The first kappa shape index (κ1) is 11.7. The highest BCUT2D eigenvalue weighted by atomic mass is 79.9. The predicted octanol–water partition coefficient (Wildman–Crippen LogP) is 4.14. The summed E-state index contributed by atoms with van der Waals surface area (Å²) in [6.07, 6.45) is 1.97. The van der Waals surface area contributed by atoms with Crippen molar-refractivity contribution in [1.82, 2.24) is 0 Å². The number of allylic oxidation sites excluding steroid dienone is 1. The van der Waals surface area contributed by atoms with Crippen molar-refractivity contribution in [2.24, 2.45) is 5.92 Å². The Bertz CT molecular complexity index is 363. The third-order valence-corrected chi connectivity index (χ3v) is 3.55. The van der Waals surface area contributed by atoms with Crippen molar-refractivity contribution in [3.63, 3.8) is 0 Å². The van der Waals surface area contributed by atoms with Gasteiger partial charge in [-0.1, -0.05) is 13.8 Å². The molecule has 0 saturated heterocycles. The van der Waals surface area contributed by atoms with Crippen LogP contribution in [0.4, 0.5) is 0 Å². The van der Waals surface area contributed by atoms with Crippen molar-refractivity contribution in [3.05, 3.63) is 26.4 Å². The van der Waals surface area contributed by atoms with E-state index >= 15 is 0 Å². The number of halogens is 1. The van der Waals surface area contributed by atoms with Crippen LogP contribution in [0.2, 0.25) is 0 Å². The first-order valence-corrected chi connectivity index (χ1v) is 6.14. The highest BCUT2D eigenvalue weighted by molar-refractivity contribution is 9.10. The van der Waals surface area contributed by atoms with E-state index < -0.39 is 0 Å². The molecule has 0 fully saturated rings. The van der Waals surface area contributed by atoms with E-state index in [0.29, 0.717) is 0 Å². The van der Waals surface area contributed by atoms with Crippen molar-refractivity contribution in [3.8, 4) is 0 Å². The summed E-state index contributed by atoms with van der Waals surface area (Å²) in [5.74, 6) is 0.442. The molecule has 0 bridgehead atoms. The number of Topliss-reactive ketones (excluding diaryl/α,β-unsaturated/α-hetero) is 1. The average molecular weight is 273 g/mol. The van der Waals surface area contributed by atoms with Gasteiger partial charge in [-0.2, -0.15) is 0 Å². The summed E-state index contributed by atoms with van der Waals surface area (Å²) in [6, 6.07) is 2.02. The van der Waals surface area contributed by atoms with E-state index in [0.717, 1.165) is 14.9 Å². The molecule has 14 heavy (non-hydrogen) atoms. The second-order valence-corrected chi connectivity index (χ2v) is 5.34. The molecule has 1 rings (SSSR count). The average Bonchev–Trinajstić information content (AvgIpc) is 2.46. The maximum Gasteiger partial charge on any atom is 0.156 e. The van der Waals surface area contributed by atoms with Gasteiger partial charge in [-0.3, -0.25) is 4.79 Å². The Hall–Kier alpha value is -0.410. The smallest absolute Gasteiger partial charge is 0.156 e. The number of hydrogen-bond donors (Lipinski definition) is 0. The van der Waals surface area contributed by atoms with Crippen LogP contribution in [-0.4, -0.2) is 5.78 Å². The fourth-order valence-corrected chi connectivity index (χ4v) is 2.62. The predicted molar refractivity (Wildman–Crippen MR) is 65.5 cm³/mol. The summed E-state index contributed by atoms with van der Waals surface area (Å²) in [4.78, 5) is 12.4. The van der Waals surface area contributed by atoms with E-state index in [1.165, 1.54) is 0 Å². The van der Waals surface area contributed by atoms with E-state index in [1.54, 1.807) is 18.3 Å².